The van der Waals surface area contributed by atoms with E-state index in [0.717, 1.165) is 11.3 Å². The molecule has 0 radical (unpaired) electrons. The zero-order valence-corrected chi connectivity index (χ0v) is 14.1. The van der Waals surface area contributed by atoms with Crippen LogP contribution >= 0.6 is 23.4 Å². The molecule has 0 aromatic heterocycles. The molecule has 3 nitrogen and oxygen atoms in total. The van der Waals surface area contributed by atoms with Crippen LogP contribution in [0.4, 0.5) is 5.69 Å². The fraction of sp³-hybridized carbons (Fsp3) is 0.111. The van der Waals surface area contributed by atoms with E-state index in [1.807, 2.05) is 67.6 Å². The maximum absolute atomic E-state index is 12.6. The monoisotopic (exact) mass is 342 g/mol. The molecule has 116 valence electrons. The highest BCUT2D eigenvalue weighted by Crippen LogP contribution is 2.34. The molecule has 23 heavy (non-hydrogen) atoms. The average molecular weight is 343 g/mol. The van der Waals surface area contributed by atoms with Crippen LogP contribution in [0.3, 0.4) is 0 Å². The number of carbonyl (C=O) groups is 1. The first-order valence-corrected chi connectivity index (χ1v) is 8.48. The van der Waals surface area contributed by atoms with E-state index < -0.39 is 0 Å². The van der Waals surface area contributed by atoms with Gasteiger partial charge in [-0.05, 0) is 48.5 Å². The number of nitrogens with zero attached hydrogens (tertiary/aromatic N) is 2. The van der Waals surface area contributed by atoms with E-state index in [0.29, 0.717) is 21.6 Å². The SMILES string of the molecule is CCN1C(=O)/C(=C\c2ccccc2Cl)SC1=Nc1ccccc1. The lowest BCUT2D eigenvalue weighted by Gasteiger charge is -2.11. The number of amidine groups is 1. The Bertz CT molecular complexity index is 787. The van der Waals surface area contributed by atoms with Crippen LogP contribution in [0.1, 0.15) is 12.5 Å². The summed E-state index contributed by atoms with van der Waals surface area (Å²) in [6.45, 7) is 2.52. The van der Waals surface area contributed by atoms with E-state index in [4.69, 9.17) is 11.6 Å². The van der Waals surface area contributed by atoms with Crippen molar-refractivity contribution in [1.29, 1.82) is 0 Å². The van der Waals surface area contributed by atoms with Crippen molar-refractivity contribution in [3.63, 3.8) is 0 Å². The van der Waals surface area contributed by atoms with E-state index >= 15 is 0 Å². The van der Waals surface area contributed by atoms with Gasteiger partial charge in [0.2, 0.25) is 0 Å². The van der Waals surface area contributed by atoms with Crippen molar-refractivity contribution in [2.75, 3.05) is 6.54 Å². The number of para-hydroxylation sites is 1. The second kappa shape index (κ2) is 7.02. The van der Waals surface area contributed by atoms with E-state index in [1.165, 1.54) is 11.8 Å². The normalized spacial score (nSPS) is 18.2. The molecule has 0 aliphatic carbocycles. The molecule has 0 saturated carbocycles. The maximum atomic E-state index is 12.6. The highest BCUT2D eigenvalue weighted by atomic mass is 35.5. The Morgan fingerprint density at radius 2 is 1.83 bits per heavy atom. The van der Waals surface area contributed by atoms with Gasteiger partial charge < -0.3 is 0 Å². The number of rotatable bonds is 3. The molecule has 1 amide bonds. The topological polar surface area (TPSA) is 32.7 Å². The molecule has 1 aliphatic heterocycles. The van der Waals surface area contributed by atoms with Gasteiger partial charge in [0, 0.05) is 11.6 Å². The third-order valence-corrected chi connectivity index (χ3v) is 4.73. The summed E-state index contributed by atoms with van der Waals surface area (Å²) in [6.07, 6.45) is 1.82. The third kappa shape index (κ3) is 3.49. The lowest BCUT2D eigenvalue weighted by atomic mass is 10.2. The molecule has 5 heteroatoms. The second-order valence-electron chi connectivity index (χ2n) is 4.91. The molecular weight excluding hydrogens is 328 g/mol. The van der Waals surface area contributed by atoms with Gasteiger partial charge in [0.15, 0.2) is 5.17 Å². The van der Waals surface area contributed by atoms with Gasteiger partial charge in [0.05, 0.1) is 10.6 Å². The van der Waals surface area contributed by atoms with Crippen LogP contribution in [0.15, 0.2) is 64.5 Å². The third-order valence-electron chi connectivity index (χ3n) is 3.38. The average Bonchev–Trinajstić information content (AvgIpc) is 2.85. The minimum atomic E-state index is -0.0351. The fourth-order valence-corrected chi connectivity index (χ4v) is 3.46. The molecule has 0 unspecified atom stereocenters. The summed E-state index contributed by atoms with van der Waals surface area (Å²) < 4.78 is 0. The quantitative estimate of drug-likeness (QED) is 0.738. The van der Waals surface area contributed by atoms with E-state index in [1.54, 1.807) is 4.90 Å². The van der Waals surface area contributed by atoms with Crippen molar-refractivity contribution in [2.24, 2.45) is 4.99 Å². The number of hydrogen-bond acceptors (Lipinski definition) is 3. The van der Waals surface area contributed by atoms with Crippen molar-refractivity contribution in [2.45, 2.75) is 6.92 Å². The number of benzene rings is 2. The summed E-state index contributed by atoms with van der Waals surface area (Å²) >= 11 is 7.56. The predicted octanol–water partition coefficient (Wildman–Crippen LogP) is 4.96. The van der Waals surface area contributed by atoms with E-state index in [-0.39, 0.29) is 5.91 Å². The van der Waals surface area contributed by atoms with E-state index in [9.17, 15) is 4.79 Å². The number of thioether (sulfide) groups is 1. The molecule has 1 fully saturated rings. The number of aliphatic imine (C=N–C) groups is 1. The Balaban J connectivity index is 1.95. The molecular formula is C18H15ClN2OS. The van der Waals surface area contributed by atoms with Crippen LogP contribution in [-0.2, 0) is 4.79 Å². The smallest absolute Gasteiger partial charge is 0.266 e. The standard InChI is InChI=1S/C18H15ClN2OS/c1-2-21-17(22)16(12-13-8-6-7-11-15(13)19)23-18(21)20-14-9-4-3-5-10-14/h3-12H,2H2,1H3/b16-12+,20-18?. The largest absolute Gasteiger partial charge is 0.287 e. The summed E-state index contributed by atoms with van der Waals surface area (Å²) in [6, 6.07) is 17.1. The lowest BCUT2D eigenvalue weighted by molar-refractivity contribution is -0.122. The number of carbonyl (C=O) groups excluding carboxylic acids is 1. The summed E-state index contributed by atoms with van der Waals surface area (Å²) in [5.74, 6) is -0.0351. The zero-order valence-electron chi connectivity index (χ0n) is 12.6. The van der Waals surface area contributed by atoms with Crippen LogP contribution in [-0.4, -0.2) is 22.5 Å². The van der Waals surface area contributed by atoms with E-state index in [2.05, 4.69) is 4.99 Å². The molecule has 3 rings (SSSR count). The Morgan fingerprint density at radius 3 is 2.52 bits per heavy atom. The lowest BCUT2D eigenvalue weighted by Crippen LogP contribution is -2.28. The minimum absolute atomic E-state index is 0.0351. The van der Waals surface area contributed by atoms with Crippen molar-refractivity contribution in [3.8, 4) is 0 Å². The summed E-state index contributed by atoms with van der Waals surface area (Å²) in [4.78, 5) is 19.5. The Morgan fingerprint density at radius 1 is 1.13 bits per heavy atom. The van der Waals surface area contributed by atoms with Crippen molar-refractivity contribution < 1.29 is 4.79 Å². The first-order valence-electron chi connectivity index (χ1n) is 7.28. The Hall–Kier alpha value is -2.04. The number of halogens is 1. The van der Waals surface area contributed by atoms with Crippen LogP contribution in [0, 0.1) is 0 Å². The molecule has 0 N–H and O–H groups in total. The molecule has 1 heterocycles. The molecule has 2 aromatic carbocycles. The Kier molecular flexibility index (Phi) is 4.84. The van der Waals surface area contributed by atoms with Gasteiger partial charge in [-0.15, -0.1) is 0 Å². The number of amides is 1. The van der Waals surface area contributed by atoms with Crippen LogP contribution in [0.5, 0.6) is 0 Å². The van der Waals surface area contributed by atoms with Gasteiger partial charge >= 0.3 is 0 Å². The highest BCUT2D eigenvalue weighted by molar-refractivity contribution is 8.18. The van der Waals surface area contributed by atoms with Crippen molar-refractivity contribution in [3.05, 3.63) is 70.1 Å². The van der Waals surface area contributed by atoms with Crippen LogP contribution in [0.25, 0.3) is 6.08 Å². The molecule has 0 bridgehead atoms. The fourth-order valence-electron chi connectivity index (χ4n) is 2.22. The maximum Gasteiger partial charge on any atom is 0.266 e. The summed E-state index contributed by atoms with van der Waals surface area (Å²) in [5, 5.41) is 1.33. The predicted molar refractivity (Wildman–Crippen MR) is 97.9 cm³/mol. The first kappa shape index (κ1) is 15.8. The highest BCUT2D eigenvalue weighted by Gasteiger charge is 2.32. The Labute approximate surface area is 144 Å². The molecule has 0 spiro atoms. The van der Waals surface area contributed by atoms with Crippen molar-refractivity contribution in [1.82, 2.24) is 4.90 Å². The van der Waals surface area contributed by atoms with Crippen LogP contribution < -0.4 is 0 Å². The molecule has 1 saturated heterocycles. The molecule has 2 aromatic rings. The van der Waals surface area contributed by atoms with Gasteiger partial charge in [-0.25, -0.2) is 4.99 Å². The first-order chi connectivity index (χ1) is 11.2. The minimum Gasteiger partial charge on any atom is -0.287 e. The van der Waals surface area contributed by atoms with Gasteiger partial charge in [-0.1, -0.05) is 48.0 Å². The second-order valence-corrected chi connectivity index (χ2v) is 6.33. The summed E-state index contributed by atoms with van der Waals surface area (Å²) in [7, 11) is 0. The number of likely N-dealkylation sites (N-methyl/N-ethyl adjacent to an activating group) is 1. The molecule has 0 atom stereocenters. The van der Waals surface area contributed by atoms with Gasteiger partial charge in [-0.2, -0.15) is 0 Å². The van der Waals surface area contributed by atoms with Crippen LogP contribution in [0.2, 0.25) is 5.02 Å². The number of hydrogen-bond donors (Lipinski definition) is 0. The molecule has 1 aliphatic rings. The summed E-state index contributed by atoms with van der Waals surface area (Å²) in [5.41, 5.74) is 1.67. The van der Waals surface area contributed by atoms with Gasteiger partial charge in [0.25, 0.3) is 5.91 Å². The van der Waals surface area contributed by atoms with Crippen molar-refractivity contribution >= 4 is 46.2 Å². The van der Waals surface area contributed by atoms with Gasteiger partial charge in [-0.3, -0.25) is 9.69 Å². The zero-order chi connectivity index (χ0) is 16.2. The van der Waals surface area contributed by atoms with Gasteiger partial charge in [0.1, 0.15) is 0 Å².